The Morgan fingerprint density at radius 1 is 1.50 bits per heavy atom. The number of hydrogen-bond acceptors (Lipinski definition) is 4. The van der Waals surface area contributed by atoms with Crippen LogP contribution in [-0.4, -0.2) is 27.9 Å². The van der Waals surface area contributed by atoms with E-state index >= 15 is 0 Å². The highest BCUT2D eigenvalue weighted by Crippen LogP contribution is 2.14. The molecule has 0 spiro atoms. The van der Waals surface area contributed by atoms with E-state index in [0.717, 1.165) is 0 Å². The van der Waals surface area contributed by atoms with Gasteiger partial charge in [0.1, 0.15) is 6.54 Å². The van der Waals surface area contributed by atoms with Gasteiger partial charge in [0, 0.05) is 0 Å². The monoisotopic (exact) mass is 181 g/mol. The Hall–Kier alpha value is -1.47. The smallest absolute Gasteiger partial charge is 0.368 e. The highest BCUT2D eigenvalue weighted by molar-refractivity contribution is 5.29. The number of halogens is 3. The lowest BCUT2D eigenvalue weighted by molar-refractivity contribution is -0.115. The Labute approximate surface area is 65.2 Å². The standard InChI is InChI=1S/C4H6F3N5/c5-4(6,7)1-9-3-10-2(8)11-12-3/h1H2,(H4,8,9,10,11,12). The molecule has 68 valence electrons. The molecule has 1 aromatic heterocycles. The van der Waals surface area contributed by atoms with E-state index in [9.17, 15) is 13.2 Å². The number of H-pyrrole nitrogens is 1. The van der Waals surface area contributed by atoms with Crippen molar-refractivity contribution < 1.29 is 13.2 Å². The molecule has 0 unspecified atom stereocenters. The molecule has 1 aromatic rings. The summed E-state index contributed by atoms with van der Waals surface area (Å²) < 4.78 is 34.8. The fraction of sp³-hybridized carbons (Fsp3) is 0.500. The predicted octanol–water partition coefficient (Wildman–Crippen LogP) is 0.361. The molecule has 0 aliphatic heterocycles. The molecule has 0 fully saturated rings. The van der Waals surface area contributed by atoms with Crippen LogP contribution in [0.3, 0.4) is 0 Å². The first kappa shape index (κ1) is 8.62. The molecule has 1 rings (SSSR count). The third kappa shape index (κ3) is 2.64. The highest BCUT2D eigenvalue weighted by Gasteiger charge is 2.27. The zero-order valence-corrected chi connectivity index (χ0v) is 5.81. The van der Waals surface area contributed by atoms with E-state index in [1.807, 2.05) is 5.32 Å². The molecule has 0 aliphatic rings. The minimum Gasteiger partial charge on any atom is -0.368 e. The van der Waals surface area contributed by atoms with E-state index in [0.29, 0.717) is 0 Å². The fourth-order valence-corrected chi connectivity index (χ4v) is 0.533. The summed E-state index contributed by atoms with van der Waals surface area (Å²) in [7, 11) is 0. The van der Waals surface area contributed by atoms with Crippen molar-refractivity contribution >= 4 is 11.9 Å². The third-order valence-corrected chi connectivity index (χ3v) is 0.950. The molecule has 0 saturated heterocycles. The summed E-state index contributed by atoms with van der Waals surface area (Å²) in [4.78, 5) is 3.41. The molecular weight excluding hydrogens is 175 g/mol. The van der Waals surface area contributed by atoms with Crippen LogP contribution >= 0.6 is 0 Å². The van der Waals surface area contributed by atoms with Crippen LogP contribution in [0.2, 0.25) is 0 Å². The van der Waals surface area contributed by atoms with Crippen molar-refractivity contribution in [3.8, 4) is 0 Å². The minimum absolute atomic E-state index is 0.0281. The van der Waals surface area contributed by atoms with Gasteiger partial charge in [-0.3, -0.25) is 0 Å². The van der Waals surface area contributed by atoms with Crippen LogP contribution in [0.15, 0.2) is 0 Å². The molecule has 0 aliphatic carbocycles. The molecule has 1 heterocycles. The number of alkyl halides is 3. The summed E-state index contributed by atoms with van der Waals surface area (Å²) in [6.07, 6.45) is -4.28. The van der Waals surface area contributed by atoms with Crippen LogP contribution in [0.25, 0.3) is 0 Å². The van der Waals surface area contributed by atoms with Crippen molar-refractivity contribution in [2.75, 3.05) is 17.6 Å². The van der Waals surface area contributed by atoms with Crippen LogP contribution in [0.5, 0.6) is 0 Å². The van der Waals surface area contributed by atoms with Gasteiger partial charge < -0.3 is 11.1 Å². The Kier molecular flexibility index (Phi) is 2.07. The summed E-state index contributed by atoms with van der Waals surface area (Å²) in [6, 6.07) is 0. The van der Waals surface area contributed by atoms with Crippen LogP contribution in [0.4, 0.5) is 25.1 Å². The van der Waals surface area contributed by atoms with Gasteiger partial charge in [0.2, 0.25) is 11.9 Å². The lowest BCUT2D eigenvalue weighted by Gasteiger charge is -2.04. The SMILES string of the molecule is Nc1nc(NCC(F)(F)F)n[nH]1. The Balaban J connectivity index is 2.44. The molecule has 0 bridgehead atoms. The maximum atomic E-state index is 11.6. The zero-order valence-electron chi connectivity index (χ0n) is 5.81. The molecular formula is C4H6F3N5. The number of anilines is 2. The van der Waals surface area contributed by atoms with Crippen molar-refractivity contribution in [2.45, 2.75) is 6.18 Å². The molecule has 0 saturated carbocycles. The second-order valence-corrected chi connectivity index (χ2v) is 2.01. The summed E-state index contributed by atoms with van der Waals surface area (Å²) in [5.74, 6) is -0.190. The van der Waals surface area contributed by atoms with Gasteiger partial charge in [0.05, 0.1) is 0 Å². The Morgan fingerprint density at radius 2 is 2.17 bits per heavy atom. The highest BCUT2D eigenvalue weighted by atomic mass is 19.4. The molecule has 0 radical (unpaired) electrons. The molecule has 8 heteroatoms. The lowest BCUT2D eigenvalue weighted by Crippen LogP contribution is -2.21. The van der Waals surface area contributed by atoms with Crippen molar-refractivity contribution in [3.63, 3.8) is 0 Å². The number of nitrogens with one attached hydrogen (secondary N) is 2. The first-order chi connectivity index (χ1) is 5.47. The maximum absolute atomic E-state index is 11.6. The van der Waals surface area contributed by atoms with Crippen molar-refractivity contribution in [3.05, 3.63) is 0 Å². The summed E-state index contributed by atoms with van der Waals surface area (Å²) in [5.41, 5.74) is 5.07. The molecule has 4 N–H and O–H groups in total. The first-order valence-electron chi connectivity index (χ1n) is 2.96. The third-order valence-electron chi connectivity index (χ3n) is 0.950. The molecule has 0 aromatic carbocycles. The van der Waals surface area contributed by atoms with Crippen LogP contribution in [-0.2, 0) is 0 Å². The van der Waals surface area contributed by atoms with Crippen LogP contribution < -0.4 is 11.1 Å². The quantitative estimate of drug-likeness (QED) is 0.615. The average Bonchev–Trinajstić information content (AvgIpc) is 2.30. The summed E-state index contributed by atoms with van der Waals surface area (Å²) in [6.45, 7) is -1.18. The second-order valence-electron chi connectivity index (χ2n) is 2.01. The fourth-order valence-electron chi connectivity index (χ4n) is 0.533. The van der Waals surface area contributed by atoms with E-state index in [4.69, 9.17) is 5.73 Å². The first-order valence-corrected chi connectivity index (χ1v) is 2.96. The lowest BCUT2D eigenvalue weighted by atomic mass is 10.6. The van der Waals surface area contributed by atoms with Gasteiger partial charge in [-0.2, -0.15) is 18.2 Å². The summed E-state index contributed by atoms with van der Waals surface area (Å²) in [5, 5.41) is 7.49. The van der Waals surface area contributed by atoms with Gasteiger partial charge in [0.15, 0.2) is 0 Å². The van der Waals surface area contributed by atoms with E-state index in [1.165, 1.54) is 0 Å². The molecule has 0 amide bonds. The van der Waals surface area contributed by atoms with Crippen molar-refractivity contribution in [2.24, 2.45) is 0 Å². The topological polar surface area (TPSA) is 79.6 Å². The number of nitrogens with two attached hydrogens (primary N) is 1. The van der Waals surface area contributed by atoms with E-state index in [-0.39, 0.29) is 11.9 Å². The average molecular weight is 181 g/mol. The van der Waals surface area contributed by atoms with Gasteiger partial charge in [0.25, 0.3) is 0 Å². The minimum atomic E-state index is -4.28. The molecule has 0 atom stereocenters. The number of aromatic amines is 1. The number of nitrogen functional groups attached to an aromatic ring is 1. The maximum Gasteiger partial charge on any atom is 0.405 e. The van der Waals surface area contributed by atoms with Crippen LogP contribution in [0, 0.1) is 0 Å². The predicted molar refractivity (Wildman–Crippen MR) is 35.3 cm³/mol. The largest absolute Gasteiger partial charge is 0.405 e. The molecule has 5 nitrogen and oxygen atoms in total. The number of hydrogen-bond donors (Lipinski definition) is 3. The van der Waals surface area contributed by atoms with Gasteiger partial charge in [-0.15, -0.1) is 5.10 Å². The van der Waals surface area contributed by atoms with E-state index in [2.05, 4.69) is 15.2 Å². The zero-order chi connectivity index (χ0) is 9.19. The second kappa shape index (κ2) is 2.88. The van der Waals surface area contributed by atoms with Gasteiger partial charge in [-0.05, 0) is 0 Å². The van der Waals surface area contributed by atoms with Gasteiger partial charge in [-0.25, -0.2) is 5.10 Å². The number of nitrogens with zero attached hydrogens (tertiary/aromatic N) is 2. The van der Waals surface area contributed by atoms with Gasteiger partial charge >= 0.3 is 6.18 Å². The van der Waals surface area contributed by atoms with E-state index in [1.54, 1.807) is 0 Å². The van der Waals surface area contributed by atoms with Gasteiger partial charge in [-0.1, -0.05) is 0 Å². The van der Waals surface area contributed by atoms with Crippen molar-refractivity contribution in [1.29, 1.82) is 0 Å². The number of rotatable bonds is 2. The number of aromatic nitrogens is 3. The Bertz CT molecular complexity index is 253. The van der Waals surface area contributed by atoms with Crippen molar-refractivity contribution in [1.82, 2.24) is 15.2 Å². The normalized spacial score (nSPS) is 11.6. The molecule has 12 heavy (non-hydrogen) atoms. The van der Waals surface area contributed by atoms with Crippen LogP contribution in [0.1, 0.15) is 0 Å². The summed E-state index contributed by atoms with van der Waals surface area (Å²) >= 11 is 0. The van der Waals surface area contributed by atoms with E-state index < -0.39 is 12.7 Å². The Morgan fingerprint density at radius 3 is 2.58 bits per heavy atom.